The van der Waals surface area contributed by atoms with Crippen molar-refractivity contribution in [3.63, 3.8) is 0 Å². The largest absolute Gasteiger partial charge is 0.505 e. The molecule has 76 valence electrons. The van der Waals surface area contributed by atoms with E-state index in [2.05, 4.69) is 4.98 Å². The second-order valence-electron chi connectivity index (χ2n) is 3.49. The highest BCUT2D eigenvalue weighted by Crippen LogP contribution is 2.28. The quantitative estimate of drug-likeness (QED) is 0.721. The maximum absolute atomic E-state index is 11.4. The Morgan fingerprint density at radius 1 is 1.33 bits per heavy atom. The number of aromatic hydroxyl groups is 1. The van der Waals surface area contributed by atoms with Gasteiger partial charge < -0.3 is 5.11 Å². The van der Waals surface area contributed by atoms with Crippen LogP contribution in [0, 0.1) is 6.92 Å². The first-order chi connectivity index (χ1) is 7.11. The number of Topliss-reactive ketones (excluding diaryl/α,β-unsaturated/α-hetero) is 1. The summed E-state index contributed by atoms with van der Waals surface area (Å²) in [6.07, 6.45) is 0. The van der Waals surface area contributed by atoms with Crippen LogP contribution in [0.1, 0.15) is 23.0 Å². The van der Waals surface area contributed by atoms with Gasteiger partial charge in [-0.25, -0.2) is 4.98 Å². The zero-order valence-corrected chi connectivity index (χ0v) is 8.61. The van der Waals surface area contributed by atoms with Crippen molar-refractivity contribution in [2.45, 2.75) is 13.8 Å². The van der Waals surface area contributed by atoms with Crippen LogP contribution in [0.25, 0.3) is 10.9 Å². The Kier molecular flexibility index (Phi) is 2.15. The van der Waals surface area contributed by atoms with Gasteiger partial charge >= 0.3 is 0 Å². The van der Waals surface area contributed by atoms with Crippen molar-refractivity contribution < 1.29 is 9.90 Å². The van der Waals surface area contributed by atoms with E-state index >= 15 is 0 Å². The molecule has 0 amide bonds. The number of fused-ring (bicyclic) bond motifs is 1. The third kappa shape index (κ3) is 1.46. The van der Waals surface area contributed by atoms with Crippen LogP contribution in [0.5, 0.6) is 5.75 Å². The van der Waals surface area contributed by atoms with Gasteiger partial charge in [0.2, 0.25) is 0 Å². The van der Waals surface area contributed by atoms with Gasteiger partial charge in [-0.2, -0.15) is 0 Å². The van der Waals surface area contributed by atoms with Gasteiger partial charge in [0.25, 0.3) is 0 Å². The number of para-hydroxylation sites is 1. The Morgan fingerprint density at radius 2 is 2.00 bits per heavy atom. The molecule has 0 atom stereocenters. The van der Waals surface area contributed by atoms with Crippen LogP contribution in [0.2, 0.25) is 0 Å². The molecule has 0 spiro atoms. The van der Waals surface area contributed by atoms with E-state index in [0.29, 0.717) is 16.6 Å². The van der Waals surface area contributed by atoms with Gasteiger partial charge in [0.1, 0.15) is 5.75 Å². The van der Waals surface area contributed by atoms with E-state index in [1.54, 1.807) is 13.0 Å². The summed E-state index contributed by atoms with van der Waals surface area (Å²) in [5.74, 6) is -0.157. The van der Waals surface area contributed by atoms with Gasteiger partial charge in [-0.15, -0.1) is 0 Å². The summed E-state index contributed by atoms with van der Waals surface area (Å²) >= 11 is 0. The molecule has 2 aromatic rings. The van der Waals surface area contributed by atoms with Crippen molar-refractivity contribution in [2.24, 2.45) is 0 Å². The standard InChI is InChI=1S/C12H11NO2/c1-7-12(15)11(8(2)14)9-5-3-4-6-10(9)13-7/h3-6,15H,1-2H3. The second kappa shape index (κ2) is 3.35. The predicted molar refractivity (Wildman–Crippen MR) is 58.1 cm³/mol. The highest BCUT2D eigenvalue weighted by Gasteiger charge is 2.14. The molecule has 0 unspecified atom stereocenters. The molecule has 0 aliphatic rings. The van der Waals surface area contributed by atoms with Gasteiger partial charge in [-0.1, -0.05) is 18.2 Å². The number of rotatable bonds is 1. The molecule has 0 fully saturated rings. The molecule has 3 nitrogen and oxygen atoms in total. The zero-order chi connectivity index (χ0) is 11.0. The zero-order valence-electron chi connectivity index (χ0n) is 8.61. The molecule has 2 rings (SSSR count). The van der Waals surface area contributed by atoms with E-state index in [1.807, 2.05) is 18.2 Å². The van der Waals surface area contributed by atoms with Gasteiger partial charge in [0, 0.05) is 5.39 Å². The topological polar surface area (TPSA) is 50.2 Å². The molecule has 0 saturated heterocycles. The lowest BCUT2D eigenvalue weighted by Crippen LogP contribution is -1.98. The van der Waals surface area contributed by atoms with Crippen molar-refractivity contribution in [1.29, 1.82) is 0 Å². The van der Waals surface area contributed by atoms with Crippen LogP contribution in [0.4, 0.5) is 0 Å². The van der Waals surface area contributed by atoms with E-state index in [-0.39, 0.29) is 11.5 Å². The molecule has 0 aliphatic heterocycles. The first-order valence-corrected chi connectivity index (χ1v) is 4.70. The number of ketones is 1. The number of aryl methyl sites for hydroxylation is 1. The second-order valence-corrected chi connectivity index (χ2v) is 3.49. The fraction of sp³-hybridized carbons (Fsp3) is 0.167. The monoisotopic (exact) mass is 201 g/mol. The summed E-state index contributed by atoms with van der Waals surface area (Å²) in [6, 6.07) is 7.30. The lowest BCUT2D eigenvalue weighted by molar-refractivity contribution is 0.101. The predicted octanol–water partition coefficient (Wildman–Crippen LogP) is 2.45. The Labute approximate surface area is 87.4 Å². The average molecular weight is 201 g/mol. The van der Waals surface area contributed by atoms with Gasteiger partial charge in [0.05, 0.1) is 16.8 Å². The summed E-state index contributed by atoms with van der Waals surface area (Å²) in [6.45, 7) is 3.13. The lowest BCUT2D eigenvalue weighted by atomic mass is 10.0. The fourth-order valence-electron chi connectivity index (χ4n) is 1.68. The minimum Gasteiger partial charge on any atom is -0.505 e. The molecule has 1 N–H and O–H groups in total. The number of aromatic nitrogens is 1. The van der Waals surface area contributed by atoms with Crippen molar-refractivity contribution in [3.8, 4) is 5.75 Å². The van der Waals surface area contributed by atoms with Gasteiger partial charge in [-0.05, 0) is 19.9 Å². The lowest BCUT2D eigenvalue weighted by Gasteiger charge is -2.07. The van der Waals surface area contributed by atoms with Crippen LogP contribution < -0.4 is 0 Å². The minimum absolute atomic E-state index is 0.0128. The molecule has 0 saturated carbocycles. The molecule has 1 aromatic carbocycles. The number of nitrogens with zero attached hydrogens (tertiary/aromatic N) is 1. The fourth-order valence-corrected chi connectivity index (χ4v) is 1.68. The van der Waals surface area contributed by atoms with Crippen molar-refractivity contribution in [3.05, 3.63) is 35.5 Å². The summed E-state index contributed by atoms with van der Waals surface area (Å²) in [5, 5.41) is 10.5. The Bertz CT molecular complexity index is 547. The molecular weight excluding hydrogens is 190 g/mol. The van der Waals surface area contributed by atoms with E-state index in [0.717, 1.165) is 5.52 Å². The Morgan fingerprint density at radius 3 is 2.67 bits per heavy atom. The molecule has 15 heavy (non-hydrogen) atoms. The summed E-state index contributed by atoms with van der Waals surface area (Å²) < 4.78 is 0. The molecular formula is C12H11NO2. The Hall–Kier alpha value is -1.90. The van der Waals surface area contributed by atoms with Crippen molar-refractivity contribution >= 4 is 16.7 Å². The number of carbonyl (C=O) groups excluding carboxylic acids is 1. The third-order valence-electron chi connectivity index (χ3n) is 2.39. The maximum Gasteiger partial charge on any atom is 0.164 e. The SMILES string of the molecule is CC(=O)c1c(O)c(C)nc2ccccc12. The first kappa shape index (κ1) is 9.65. The molecule has 0 aliphatic carbocycles. The minimum atomic E-state index is -0.144. The number of carbonyl (C=O) groups is 1. The molecule has 1 aromatic heterocycles. The molecule has 0 bridgehead atoms. The summed E-state index contributed by atoms with van der Waals surface area (Å²) in [4.78, 5) is 15.7. The van der Waals surface area contributed by atoms with E-state index < -0.39 is 0 Å². The van der Waals surface area contributed by atoms with Crippen molar-refractivity contribution in [2.75, 3.05) is 0 Å². The number of hydrogen-bond acceptors (Lipinski definition) is 3. The van der Waals surface area contributed by atoms with Gasteiger partial charge in [-0.3, -0.25) is 4.79 Å². The van der Waals surface area contributed by atoms with Crippen molar-refractivity contribution in [1.82, 2.24) is 4.98 Å². The number of benzene rings is 1. The highest BCUT2D eigenvalue weighted by atomic mass is 16.3. The van der Waals surface area contributed by atoms with E-state index in [4.69, 9.17) is 0 Å². The van der Waals surface area contributed by atoms with Crippen LogP contribution in [-0.2, 0) is 0 Å². The molecule has 0 radical (unpaired) electrons. The first-order valence-electron chi connectivity index (χ1n) is 4.70. The van der Waals surface area contributed by atoms with Crippen LogP contribution in [0.3, 0.4) is 0 Å². The molecule has 1 heterocycles. The Balaban J connectivity index is 2.95. The van der Waals surface area contributed by atoms with Crippen LogP contribution in [-0.4, -0.2) is 15.9 Å². The smallest absolute Gasteiger partial charge is 0.164 e. The third-order valence-corrected chi connectivity index (χ3v) is 2.39. The number of hydrogen-bond donors (Lipinski definition) is 1. The molecule has 3 heteroatoms. The average Bonchev–Trinajstić information content (AvgIpc) is 2.19. The van der Waals surface area contributed by atoms with E-state index in [9.17, 15) is 9.90 Å². The maximum atomic E-state index is 11.4. The number of pyridine rings is 1. The normalized spacial score (nSPS) is 10.5. The van der Waals surface area contributed by atoms with E-state index in [1.165, 1.54) is 6.92 Å². The summed E-state index contributed by atoms with van der Waals surface area (Å²) in [5.41, 5.74) is 1.58. The highest BCUT2D eigenvalue weighted by molar-refractivity contribution is 6.08. The van der Waals surface area contributed by atoms with Gasteiger partial charge in [0.15, 0.2) is 5.78 Å². The van der Waals surface area contributed by atoms with Crippen LogP contribution >= 0.6 is 0 Å². The summed E-state index contributed by atoms with van der Waals surface area (Å²) in [7, 11) is 0. The van der Waals surface area contributed by atoms with Crippen LogP contribution in [0.15, 0.2) is 24.3 Å².